The van der Waals surface area contributed by atoms with Crippen molar-refractivity contribution in [3.05, 3.63) is 48.2 Å². The highest BCUT2D eigenvalue weighted by molar-refractivity contribution is 6.00. The Morgan fingerprint density at radius 3 is 2.19 bits per heavy atom. The van der Waals surface area contributed by atoms with Crippen LogP contribution in [0, 0.1) is 0 Å². The van der Waals surface area contributed by atoms with Crippen LogP contribution in [0.1, 0.15) is 81.6 Å². The van der Waals surface area contributed by atoms with E-state index in [1.165, 1.54) is 25.7 Å². The lowest BCUT2D eigenvalue weighted by molar-refractivity contribution is -0.135. The third-order valence-corrected chi connectivity index (χ3v) is 7.86. The van der Waals surface area contributed by atoms with Crippen molar-refractivity contribution in [3.63, 3.8) is 0 Å². The van der Waals surface area contributed by atoms with Crippen molar-refractivity contribution in [1.82, 2.24) is 14.8 Å². The molecule has 0 saturated heterocycles. The summed E-state index contributed by atoms with van der Waals surface area (Å²) in [5.41, 5.74) is 1.91. The van der Waals surface area contributed by atoms with Crippen LogP contribution >= 0.6 is 0 Å². The van der Waals surface area contributed by atoms with Crippen LogP contribution in [0.15, 0.2) is 42.5 Å². The molecule has 3 aliphatic rings. The van der Waals surface area contributed by atoms with Gasteiger partial charge >= 0.3 is 0 Å². The molecular weight excluding hydrogens is 398 g/mol. The average molecular weight is 434 g/mol. The van der Waals surface area contributed by atoms with Gasteiger partial charge in [0.15, 0.2) is 0 Å². The van der Waals surface area contributed by atoms with Gasteiger partial charge in [-0.1, -0.05) is 68.9 Å². The standard InChI is InChI=1S/C27H35N3O2/c1-27(26(32)28-21-13-7-3-8-14-21)19-29-23(20-11-5-2-6-12-20)17-18-24(29)25(31)30(27)22-15-9-4-10-16-22/h2,5-6,11-12,17-18,21-22H,3-4,7-10,13-16,19H2,1H3,(H,28,32)/t27-/m0/s1. The monoisotopic (exact) mass is 433 g/mol. The first kappa shape index (κ1) is 21.3. The normalized spacial score (nSPS) is 24.9. The largest absolute Gasteiger partial charge is 0.351 e. The van der Waals surface area contributed by atoms with Crippen molar-refractivity contribution in [3.8, 4) is 11.3 Å². The summed E-state index contributed by atoms with van der Waals surface area (Å²) in [5.74, 6) is 0.0216. The van der Waals surface area contributed by atoms with Crippen LogP contribution in [0.3, 0.4) is 0 Å². The molecule has 1 atom stereocenters. The zero-order valence-electron chi connectivity index (χ0n) is 19.2. The second kappa shape index (κ2) is 8.76. The van der Waals surface area contributed by atoms with Crippen LogP contribution in [0.2, 0.25) is 0 Å². The number of aromatic nitrogens is 1. The molecule has 2 amide bonds. The summed E-state index contributed by atoms with van der Waals surface area (Å²) in [4.78, 5) is 29.7. The third-order valence-electron chi connectivity index (χ3n) is 7.86. The van der Waals surface area contributed by atoms with E-state index in [1.54, 1.807) is 0 Å². The van der Waals surface area contributed by atoms with Crippen LogP contribution in [0.5, 0.6) is 0 Å². The molecule has 1 aromatic carbocycles. The van der Waals surface area contributed by atoms with E-state index < -0.39 is 5.54 Å². The Bertz CT molecular complexity index is 970. The molecule has 0 unspecified atom stereocenters. The van der Waals surface area contributed by atoms with Gasteiger partial charge in [0.1, 0.15) is 11.2 Å². The summed E-state index contributed by atoms with van der Waals surface area (Å²) >= 11 is 0. The summed E-state index contributed by atoms with van der Waals surface area (Å²) < 4.78 is 2.08. The van der Waals surface area contributed by atoms with Crippen LogP contribution in [0.4, 0.5) is 0 Å². The molecule has 1 aromatic heterocycles. The summed E-state index contributed by atoms with van der Waals surface area (Å²) in [5, 5.41) is 3.35. The number of carbonyl (C=O) groups excluding carboxylic acids is 2. The lowest BCUT2D eigenvalue weighted by Gasteiger charge is -2.49. The fraction of sp³-hybridized carbons (Fsp3) is 0.556. The minimum absolute atomic E-state index is 0.00613. The highest BCUT2D eigenvalue weighted by atomic mass is 16.2. The van der Waals surface area contributed by atoms with Gasteiger partial charge in [-0.25, -0.2) is 0 Å². The molecule has 2 aliphatic carbocycles. The van der Waals surface area contributed by atoms with E-state index in [-0.39, 0.29) is 23.9 Å². The van der Waals surface area contributed by atoms with Crippen LogP contribution in [-0.2, 0) is 11.3 Å². The quantitative estimate of drug-likeness (QED) is 0.725. The minimum atomic E-state index is -0.883. The van der Waals surface area contributed by atoms with E-state index in [1.807, 2.05) is 42.2 Å². The molecule has 5 heteroatoms. The van der Waals surface area contributed by atoms with Gasteiger partial charge in [0.05, 0.1) is 6.54 Å². The molecular formula is C27H35N3O2. The van der Waals surface area contributed by atoms with E-state index in [0.29, 0.717) is 12.2 Å². The maximum Gasteiger partial charge on any atom is 0.271 e. The molecule has 32 heavy (non-hydrogen) atoms. The van der Waals surface area contributed by atoms with Gasteiger partial charge in [-0.3, -0.25) is 9.59 Å². The molecule has 2 saturated carbocycles. The van der Waals surface area contributed by atoms with Crippen molar-refractivity contribution < 1.29 is 9.59 Å². The average Bonchev–Trinajstić information content (AvgIpc) is 3.25. The SMILES string of the molecule is C[C@@]1(C(=O)NC2CCCCC2)Cn2c(ccc2-c2ccccc2)C(=O)N1C1CCCCC1. The van der Waals surface area contributed by atoms with Crippen molar-refractivity contribution in [2.45, 2.75) is 95.3 Å². The number of hydrogen-bond donors (Lipinski definition) is 1. The van der Waals surface area contributed by atoms with Gasteiger partial charge < -0.3 is 14.8 Å². The molecule has 0 bridgehead atoms. The van der Waals surface area contributed by atoms with Crippen molar-refractivity contribution in [2.75, 3.05) is 0 Å². The van der Waals surface area contributed by atoms with Gasteiger partial charge in [0.25, 0.3) is 5.91 Å². The number of carbonyl (C=O) groups is 2. The first-order valence-corrected chi connectivity index (χ1v) is 12.5. The second-order valence-corrected chi connectivity index (χ2v) is 10.1. The smallest absolute Gasteiger partial charge is 0.271 e. The van der Waals surface area contributed by atoms with Crippen LogP contribution in [-0.4, -0.2) is 38.9 Å². The van der Waals surface area contributed by atoms with Gasteiger partial charge in [-0.05, 0) is 50.3 Å². The Hall–Kier alpha value is -2.56. The van der Waals surface area contributed by atoms with E-state index in [9.17, 15) is 9.59 Å². The highest BCUT2D eigenvalue weighted by Crippen LogP contribution is 2.38. The fourth-order valence-corrected chi connectivity index (χ4v) is 6.09. The molecule has 2 aromatic rings. The third kappa shape index (κ3) is 3.76. The van der Waals surface area contributed by atoms with E-state index in [2.05, 4.69) is 22.0 Å². The highest BCUT2D eigenvalue weighted by Gasteiger charge is 2.50. The number of fused-ring (bicyclic) bond motifs is 1. The molecule has 0 radical (unpaired) electrons. The maximum absolute atomic E-state index is 13.9. The van der Waals surface area contributed by atoms with Gasteiger partial charge in [-0.15, -0.1) is 0 Å². The number of benzene rings is 1. The summed E-state index contributed by atoms with van der Waals surface area (Å²) in [7, 11) is 0. The number of amides is 2. The minimum Gasteiger partial charge on any atom is -0.351 e. The summed E-state index contributed by atoms with van der Waals surface area (Å²) in [6.45, 7) is 2.50. The van der Waals surface area contributed by atoms with Gasteiger partial charge in [-0.2, -0.15) is 0 Å². The van der Waals surface area contributed by atoms with Gasteiger partial charge in [0.2, 0.25) is 5.91 Å². The van der Waals surface area contributed by atoms with Gasteiger partial charge in [0, 0.05) is 17.8 Å². The molecule has 1 aliphatic heterocycles. The molecule has 170 valence electrons. The Labute approximate surface area is 191 Å². The lowest BCUT2D eigenvalue weighted by atomic mass is 9.86. The predicted molar refractivity (Wildman–Crippen MR) is 126 cm³/mol. The van der Waals surface area contributed by atoms with Crippen LogP contribution in [0.25, 0.3) is 11.3 Å². The summed E-state index contributed by atoms with van der Waals surface area (Å²) in [6.07, 6.45) is 11.2. The predicted octanol–water partition coefficient (Wildman–Crippen LogP) is 5.15. The van der Waals surface area contributed by atoms with Crippen LogP contribution < -0.4 is 5.32 Å². The molecule has 0 spiro atoms. The Morgan fingerprint density at radius 2 is 1.50 bits per heavy atom. The molecule has 2 heterocycles. The second-order valence-electron chi connectivity index (χ2n) is 10.1. The molecule has 5 nitrogen and oxygen atoms in total. The van der Waals surface area contributed by atoms with Crippen molar-refractivity contribution in [1.29, 1.82) is 0 Å². The first-order chi connectivity index (χ1) is 15.6. The number of nitrogens with one attached hydrogen (secondary N) is 1. The van der Waals surface area contributed by atoms with Crippen molar-refractivity contribution >= 4 is 11.8 Å². The van der Waals surface area contributed by atoms with E-state index in [4.69, 9.17) is 0 Å². The zero-order valence-corrected chi connectivity index (χ0v) is 19.2. The fourth-order valence-electron chi connectivity index (χ4n) is 6.09. The Balaban J connectivity index is 1.53. The topological polar surface area (TPSA) is 54.3 Å². The number of rotatable bonds is 4. The number of hydrogen-bond acceptors (Lipinski definition) is 2. The Morgan fingerprint density at radius 1 is 0.875 bits per heavy atom. The lowest BCUT2D eigenvalue weighted by Crippen LogP contribution is -2.67. The molecule has 2 fully saturated rings. The zero-order chi connectivity index (χ0) is 22.1. The first-order valence-electron chi connectivity index (χ1n) is 12.5. The van der Waals surface area contributed by atoms with E-state index in [0.717, 1.165) is 49.8 Å². The molecule has 5 rings (SSSR count). The van der Waals surface area contributed by atoms with E-state index >= 15 is 0 Å². The molecule has 1 N–H and O–H groups in total. The number of nitrogens with zero attached hydrogens (tertiary/aromatic N) is 2. The maximum atomic E-state index is 13.9. The van der Waals surface area contributed by atoms with Crippen molar-refractivity contribution in [2.24, 2.45) is 0 Å². The summed E-state index contributed by atoms with van der Waals surface area (Å²) in [6, 6.07) is 14.5. The Kier molecular flexibility index (Phi) is 5.83.